The van der Waals surface area contributed by atoms with Gasteiger partial charge in [0.15, 0.2) is 11.6 Å². The Kier molecular flexibility index (Phi) is 8.12. The first-order valence-electron chi connectivity index (χ1n) is 13.3. The van der Waals surface area contributed by atoms with Crippen LogP contribution in [-0.2, 0) is 4.74 Å². The van der Waals surface area contributed by atoms with Crippen molar-refractivity contribution < 1.29 is 13.5 Å². The minimum atomic E-state index is -0.847. The molecule has 1 unspecified atom stereocenters. The van der Waals surface area contributed by atoms with Gasteiger partial charge in [-0.15, -0.1) is 11.3 Å². The van der Waals surface area contributed by atoms with Crippen LogP contribution in [0.2, 0.25) is 0 Å². The molecule has 0 fully saturated rings. The van der Waals surface area contributed by atoms with E-state index in [2.05, 4.69) is 31.4 Å². The van der Waals surface area contributed by atoms with Crippen LogP contribution in [0.4, 0.5) is 8.78 Å². The lowest BCUT2D eigenvalue weighted by Gasteiger charge is -2.16. The molecule has 2 aromatic rings. The molecule has 4 nitrogen and oxygen atoms in total. The second-order valence-corrected chi connectivity index (χ2v) is 11.3. The maximum Gasteiger partial charge on any atom is 0.167 e. The van der Waals surface area contributed by atoms with Crippen LogP contribution in [0.15, 0.2) is 73.9 Å². The standard InChI is InChI=1S/C31H33F2N3OS/c1-19-10-11-29(24-7-5-8-27(32)31(24)33)36-28-9-4-6-22(16-34-17-26(19)28)14-23-15-25(20(2)12-13-37-23)30-18-38-21(3)35-30/h5,7-9,15,17-18,22H,4,6,10-14,16H2,1-3H3. The molecule has 0 amide bonds. The van der Waals surface area contributed by atoms with Crippen LogP contribution in [0, 0.1) is 24.5 Å². The number of fused-ring (bicyclic) bond motifs is 1. The number of benzene rings is 1. The third-order valence-corrected chi connectivity index (χ3v) is 8.18. The molecule has 1 atom stereocenters. The lowest BCUT2D eigenvalue weighted by atomic mass is 9.96. The molecular formula is C31H33F2N3OS. The van der Waals surface area contributed by atoms with E-state index in [1.165, 1.54) is 17.2 Å². The highest BCUT2D eigenvalue weighted by Gasteiger charge is 2.21. The molecule has 3 aliphatic heterocycles. The van der Waals surface area contributed by atoms with Crippen molar-refractivity contribution in [3.05, 3.63) is 91.8 Å². The zero-order valence-electron chi connectivity index (χ0n) is 22.2. The van der Waals surface area contributed by atoms with Crippen molar-refractivity contribution in [1.82, 2.24) is 4.98 Å². The lowest BCUT2D eigenvalue weighted by molar-refractivity contribution is 0.196. The minimum absolute atomic E-state index is 0.238. The molecular weight excluding hydrogens is 500 g/mol. The molecule has 0 spiro atoms. The van der Waals surface area contributed by atoms with Gasteiger partial charge < -0.3 is 4.74 Å². The normalized spacial score (nSPS) is 20.8. The summed E-state index contributed by atoms with van der Waals surface area (Å²) in [7, 11) is 0. The Morgan fingerprint density at radius 1 is 1.05 bits per heavy atom. The number of aryl methyl sites for hydroxylation is 1. The van der Waals surface area contributed by atoms with Crippen molar-refractivity contribution in [2.45, 2.75) is 59.3 Å². The molecule has 0 N–H and O–H groups in total. The molecule has 0 saturated carbocycles. The fraction of sp³-hybridized carbons (Fsp3) is 0.387. The van der Waals surface area contributed by atoms with Gasteiger partial charge in [0.25, 0.3) is 0 Å². The molecule has 5 rings (SSSR count). The summed E-state index contributed by atoms with van der Waals surface area (Å²) in [5, 5.41) is 3.18. The van der Waals surface area contributed by atoms with E-state index in [0.717, 1.165) is 71.5 Å². The monoisotopic (exact) mass is 533 g/mol. The second kappa shape index (κ2) is 11.7. The molecule has 7 heteroatoms. The zero-order chi connectivity index (χ0) is 26.6. The van der Waals surface area contributed by atoms with Crippen LogP contribution >= 0.6 is 11.3 Å². The smallest absolute Gasteiger partial charge is 0.167 e. The third kappa shape index (κ3) is 5.93. The van der Waals surface area contributed by atoms with Crippen LogP contribution in [-0.4, -0.2) is 30.1 Å². The number of aliphatic imine (C=N–C) groups is 2. The minimum Gasteiger partial charge on any atom is -0.498 e. The molecule has 0 saturated heterocycles. The molecule has 198 valence electrons. The molecule has 3 aliphatic rings. The largest absolute Gasteiger partial charge is 0.498 e. The quantitative estimate of drug-likeness (QED) is 0.398. The van der Waals surface area contributed by atoms with E-state index >= 15 is 0 Å². The van der Waals surface area contributed by atoms with Crippen LogP contribution in [0.25, 0.3) is 5.57 Å². The fourth-order valence-electron chi connectivity index (χ4n) is 5.16. The predicted octanol–water partition coefficient (Wildman–Crippen LogP) is 8.16. The Morgan fingerprint density at radius 3 is 2.71 bits per heavy atom. The number of halogens is 2. The number of nitrogens with zero attached hydrogens (tertiary/aromatic N) is 3. The van der Waals surface area contributed by atoms with Crippen molar-refractivity contribution in [3.8, 4) is 0 Å². The van der Waals surface area contributed by atoms with Crippen molar-refractivity contribution >= 4 is 28.8 Å². The van der Waals surface area contributed by atoms with Crippen molar-refractivity contribution in [2.75, 3.05) is 13.2 Å². The Morgan fingerprint density at radius 2 is 1.89 bits per heavy atom. The number of thiazole rings is 1. The van der Waals surface area contributed by atoms with Crippen molar-refractivity contribution in [2.24, 2.45) is 15.9 Å². The van der Waals surface area contributed by atoms with Gasteiger partial charge in [0, 0.05) is 47.7 Å². The average Bonchev–Trinajstić information content (AvgIpc) is 3.20. The Labute approximate surface area is 227 Å². The Bertz CT molecular complexity index is 1410. The first-order valence-corrected chi connectivity index (χ1v) is 14.1. The number of ether oxygens (including phenoxy) is 1. The van der Waals surface area contributed by atoms with Crippen molar-refractivity contribution in [1.29, 1.82) is 0 Å². The molecule has 0 radical (unpaired) electrons. The van der Waals surface area contributed by atoms with Gasteiger partial charge >= 0.3 is 0 Å². The predicted molar refractivity (Wildman–Crippen MR) is 152 cm³/mol. The number of hydrogen-bond acceptors (Lipinski definition) is 5. The van der Waals surface area contributed by atoms with E-state index in [9.17, 15) is 8.78 Å². The van der Waals surface area contributed by atoms with Gasteiger partial charge in [-0.05, 0) is 70.6 Å². The molecule has 0 bridgehead atoms. The summed E-state index contributed by atoms with van der Waals surface area (Å²) in [6.07, 6.45) is 11.0. The van der Waals surface area contributed by atoms with Crippen LogP contribution in [0.3, 0.4) is 0 Å². The summed E-state index contributed by atoms with van der Waals surface area (Å²) in [6.45, 7) is 7.63. The Balaban J connectivity index is 1.38. The summed E-state index contributed by atoms with van der Waals surface area (Å²) >= 11 is 1.67. The number of allylic oxidation sites excluding steroid dienone is 6. The highest BCUT2D eigenvalue weighted by atomic mass is 32.1. The van der Waals surface area contributed by atoms with Crippen LogP contribution in [0.1, 0.15) is 68.6 Å². The number of hydrogen-bond donors (Lipinski definition) is 0. The van der Waals surface area contributed by atoms with E-state index in [-0.39, 0.29) is 5.56 Å². The summed E-state index contributed by atoms with van der Waals surface area (Å²) in [6, 6.07) is 4.28. The summed E-state index contributed by atoms with van der Waals surface area (Å²) < 4.78 is 34.7. The first kappa shape index (κ1) is 26.4. The highest BCUT2D eigenvalue weighted by Crippen LogP contribution is 2.32. The number of aromatic nitrogens is 1. The SMILES string of the molecule is CC1=C2C=NCC(CC3=CC(c4csc(C)n4)=C(C)CCO3)CCC=C2N=C(c2cccc(F)c2F)CC1. The van der Waals surface area contributed by atoms with Crippen LogP contribution < -0.4 is 0 Å². The topological polar surface area (TPSA) is 46.8 Å². The first-order chi connectivity index (χ1) is 18.4. The summed E-state index contributed by atoms with van der Waals surface area (Å²) in [5.41, 5.74) is 7.26. The average molecular weight is 534 g/mol. The van der Waals surface area contributed by atoms with Gasteiger partial charge in [0.05, 0.1) is 34.5 Å². The van der Waals surface area contributed by atoms with E-state index in [4.69, 9.17) is 19.7 Å². The van der Waals surface area contributed by atoms with Gasteiger partial charge in [-0.1, -0.05) is 23.3 Å². The molecule has 38 heavy (non-hydrogen) atoms. The van der Waals surface area contributed by atoms with E-state index in [1.807, 2.05) is 13.1 Å². The Hall–Kier alpha value is -3.19. The maximum atomic E-state index is 14.6. The van der Waals surface area contributed by atoms with Gasteiger partial charge in [-0.3, -0.25) is 9.98 Å². The maximum absolute atomic E-state index is 14.6. The molecule has 4 heterocycles. The van der Waals surface area contributed by atoms with Gasteiger partial charge in [0.2, 0.25) is 0 Å². The van der Waals surface area contributed by atoms with E-state index in [1.54, 1.807) is 17.4 Å². The van der Waals surface area contributed by atoms with E-state index in [0.29, 0.717) is 31.2 Å². The van der Waals surface area contributed by atoms with Crippen molar-refractivity contribution in [3.63, 3.8) is 0 Å². The van der Waals surface area contributed by atoms with Gasteiger partial charge in [-0.2, -0.15) is 0 Å². The van der Waals surface area contributed by atoms with E-state index < -0.39 is 11.6 Å². The third-order valence-electron chi connectivity index (χ3n) is 7.40. The number of rotatable bonds is 4. The second-order valence-electron chi connectivity index (χ2n) is 10.2. The van der Waals surface area contributed by atoms with Gasteiger partial charge in [0.1, 0.15) is 0 Å². The molecule has 0 aliphatic carbocycles. The highest BCUT2D eigenvalue weighted by molar-refractivity contribution is 7.09. The van der Waals surface area contributed by atoms with Crippen LogP contribution in [0.5, 0.6) is 0 Å². The van der Waals surface area contributed by atoms with Gasteiger partial charge in [-0.25, -0.2) is 13.8 Å². The zero-order valence-corrected chi connectivity index (χ0v) is 23.0. The summed E-state index contributed by atoms with van der Waals surface area (Å²) in [4.78, 5) is 14.4. The summed E-state index contributed by atoms with van der Waals surface area (Å²) in [5.74, 6) is -0.377. The fourth-order valence-corrected chi connectivity index (χ4v) is 5.77. The molecule has 1 aromatic carbocycles. The molecule has 1 aromatic heterocycles. The lowest BCUT2D eigenvalue weighted by Crippen LogP contribution is -2.08.